The zero-order valence-electron chi connectivity index (χ0n) is 14.6. The molecule has 1 aromatic heterocycles. The minimum Gasteiger partial charge on any atom is -0.494 e. The lowest BCUT2D eigenvalue weighted by Crippen LogP contribution is -2.34. The summed E-state index contributed by atoms with van der Waals surface area (Å²) in [6.45, 7) is 2.49. The van der Waals surface area contributed by atoms with Gasteiger partial charge in [-0.2, -0.15) is 0 Å². The van der Waals surface area contributed by atoms with Gasteiger partial charge < -0.3 is 19.7 Å². The molecule has 1 atom stereocenters. The summed E-state index contributed by atoms with van der Waals surface area (Å²) in [7, 11) is 0. The quantitative estimate of drug-likeness (QED) is 0.714. The SMILES string of the molecule is CCOc1ccc(CC(CNC(=O)c2cc(C3CC3)no2)C(=O)O)cc1. The number of amides is 1. The number of benzene rings is 1. The second-order valence-electron chi connectivity index (χ2n) is 6.42. The number of hydrogen-bond donors (Lipinski definition) is 2. The first-order valence-corrected chi connectivity index (χ1v) is 8.76. The maximum Gasteiger partial charge on any atom is 0.308 e. The van der Waals surface area contributed by atoms with Crippen LogP contribution in [0.5, 0.6) is 5.75 Å². The molecular formula is C19H22N2O5. The van der Waals surface area contributed by atoms with Crippen molar-refractivity contribution in [1.29, 1.82) is 0 Å². The molecule has 26 heavy (non-hydrogen) atoms. The number of hydrogen-bond acceptors (Lipinski definition) is 5. The van der Waals surface area contributed by atoms with Gasteiger partial charge in [0.2, 0.25) is 5.76 Å². The van der Waals surface area contributed by atoms with Gasteiger partial charge in [0.15, 0.2) is 0 Å². The Morgan fingerprint density at radius 2 is 2.08 bits per heavy atom. The highest BCUT2D eigenvalue weighted by Crippen LogP contribution is 2.39. The lowest BCUT2D eigenvalue weighted by atomic mass is 9.99. The van der Waals surface area contributed by atoms with Crippen molar-refractivity contribution in [2.75, 3.05) is 13.2 Å². The van der Waals surface area contributed by atoms with Crippen molar-refractivity contribution in [1.82, 2.24) is 10.5 Å². The van der Waals surface area contributed by atoms with Crippen LogP contribution in [0.4, 0.5) is 0 Å². The van der Waals surface area contributed by atoms with Crippen LogP contribution in [-0.2, 0) is 11.2 Å². The van der Waals surface area contributed by atoms with Gasteiger partial charge in [-0.3, -0.25) is 9.59 Å². The molecule has 138 valence electrons. The molecule has 1 aliphatic carbocycles. The monoisotopic (exact) mass is 358 g/mol. The van der Waals surface area contributed by atoms with Crippen molar-refractivity contribution in [2.45, 2.75) is 32.1 Å². The van der Waals surface area contributed by atoms with E-state index < -0.39 is 17.8 Å². The first-order chi connectivity index (χ1) is 12.6. The van der Waals surface area contributed by atoms with Gasteiger partial charge in [0, 0.05) is 18.5 Å². The number of carbonyl (C=O) groups is 2. The fourth-order valence-corrected chi connectivity index (χ4v) is 2.69. The van der Waals surface area contributed by atoms with Crippen LogP contribution in [-0.4, -0.2) is 35.3 Å². The maximum absolute atomic E-state index is 12.1. The minimum absolute atomic E-state index is 0.0147. The molecule has 2 N–H and O–H groups in total. The van der Waals surface area contributed by atoms with E-state index in [0.717, 1.165) is 29.8 Å². The molecule has 0 spiro atoms. The molecule has 0 aliphatic heterocycles. The highest BCUT2D eigenvalue weighted by atomic mass is 16.5. The van der Waals surface area contributed by atoms with Crippen molar-refractivity contribution in [3.05, 3.63) is 47.3 Å². The van der Waals surface area contributed by atoms with Crippen LogP contribution >= 0.6 is 0 Å². The van der Waals surface area contributed by atoms with E-state index in [1.165, 1.54) is 0 Å². The summed E-state index contributed by atoms with van der Waals surface area (Å²) >= 11 is 0. The summed E-state index contributed by atoms with van der Waals surface area (Å²) in [4.78, 5) is 23.7. The van der Waals surface area contributed by atoms with E-state index in [1.807, 2.05) is 31.2 Å². The standard InChI is InChI=1S/C19H22N2O5/c1-2-25-15-7-3-12(4-8-15)9-14(19(23)24)11-20-18(22)17-10-16(21-26-17)13-5-6-13/h3-4,7-8,10,13-14H,2,5-6,9,11H2,1H3,(H,20,22)(H,23,24). The van der Waals surface area contributed by atoms with E-state index in [1.54, 1.807) is 6.07 Å². The summed E-state index contributed by atoms with van der Waals surface area (Å²) in [5.74, 6) is -0.877. The van der Waals surface area contributed by atoms with Gasteiger partial charge in [-0.25, -0.2) is 0 Å². The highest BCUT2D eigenvalue weighted by Gasteiger charge is 2.28. The Morgan fingerprint density at radius 1 is 1.35 bits per heavy atom. The molecule has 7 heteroatoms. The van der Waals surface area contributed by atoms with Crippen LogP contribution in [0.25, 0.3) is 0 Å². The Balaban J connectivity index is 1.55. The Labute approximate surface area is 151 Å². The second kappa shape index (κ2) is 8.03. The molecule has 1 amide bonds. The van der Waals surface area contributed by atoms with Gasteiger partial charge in [0.1, 0.15) is 5.75 Å². The molecule has 2 aromatic rings. The average Bonchev–Trinajstić information content (AvgIpc) is 3.36. The number of carboxylic acids is 1. The van der Waals surface area contributed by atoms with Crippen LogP contribution in [0.1, 0.15) is 47.5 Å². The van der Waals surface area contributed by atoms with Crippen LogP contribution in [0.15, 0.2) is 34.9 Å². The maximum atomic E-state index is 12.1. The molecule has 7 nitrogen and oxygen atoms in total. The van der Waals surface area contributed by atoms with Crippen LogP contribution in [0.2, 0.25) is 0 Å². The zero-order chi connectivity index (χ0) is 18.5. The molecular weight excluding hydrogens is 336 g/mol. The molecule has 1 unspecified atom stereocenters. The molecule has 0 bridgehead atoms. The Kier molecular flexibility index (Phi) is 5.55. The lowest BCUT2D eigenvalue weighted by Gasteiger charge is -2.13. The van der Waals surface area contributed by atoms with E-state index in [2.05, 4.69) is 10.5 Å². The summed E-state index contributed by atoms with van der Waals surface area (Å²) in [6.07, 6.45) is 2.44. The summed E-state index contributed by atoms with van der Waals surface area (Å²) in [5, 5.41) is 15.9. The smallest absolute Gasteiger partial charge is 0.308 e. The number of ether oxygens (including phenoxy) is 1. The number of aliphatic carboxylic acids is 1. The number of aromatic nitrogens is 1. The topological polar surface area (TPSA) is 102 Å². The first kappa shape index (κ1) is 18.0. The van der Waals surface area contributed by atoms with Gasteiger partial charge in [0.05, 0.1) is 18.2 Å². The van der Waals surface area contributed by atoms with Crippen LogP contribution in [0, 0.1) is 5.92 Å². The average molecular weight is 358 g/mol. The van der Waals surface area contributed by atoms with Crippen molar-refractivity contribution in [2.24, 2.45) is 5.92 Å². The van der Waals surface area contributed by atoms with E-state index in [4.69, 9.17) is 9.26 Å². The predicted molar refractivity (Wildman–Crippen MR) is 93.3 cm³/mol. The van der Waals surface area contributed by atoms with Crippen LogP contribution in [0.3, 0.4) is 0 Å². The minimum atomic E-state index is -0.963. The number of carbonyl (C=O) groups excluding carboxylic acids is 1. The third kappa shape index (κ3) is 4.62. The molecule has 1 heterocycles. The Morgan fingerprint density at radius 3 is 2.69 bits per heavy atom. The van der Waals surface area contributed by atoms with Crippen molar-refractivity contribution in [3.8, 4) is 5.75 Å². The van der Waals surface area contributed by atoms with E-state index in [-0.39, 0.29) is 12.3 Å². The highest BCUT2D eigenvalue weighted by molar-refractivity contribution is 5.91. The molecule has 1 saturated carbocycles. The van der Waals surface area contributed by atoms with Gasteiger partial charge >= 0.3 is 5.97 Å². The third-order valence-electron chi connectivity index (χ3n) is 4.32. The number of nitrogens with zero attached hydrogens (tertiary/aromatic N) is 1. The normalized spacial score (nSPS) is 14.7. The molecule has 0 saturated heterocycles. The van der Waals surface area contributed by atoms with Crippen molar-refractivity contribution < 1.29 is 24.0 Å². The summed E-state index contributed by atoms with van der Waals surface area (Å²) in [6, 6.07) is 8.92. The van der Waals surface area contributed by atoms with Gasteiger partial charge in [0.25, 0.3) is 5.91 Å². The first-order valence-electron chi connectivity index (χ1n) is 8.76. The molecule has 1 aromatic carbocycles. The number of rotatable bonds is 9. The number of nitrogens with one attached hydrogen (secondary N) is 1. The summed E-state index contributed by atoms with van der Waals surface area (Å²) < 4.78 is 10.4. The van der Waals surface area contributed by atoms with Gasteiger partial charge in [-0.1, -0.05) is 17.3 Å². The third-order valence-corrected chi connectivity index (χ3v) is 4.32. The Hall–Kier alpha value is -2.83. The molecule has 3 rings (SSSR count). The largest absolute Gasteiger partial charge is 0.494 e. The fourth-order valence-electron chi connectivity index (χ4n) is 2.69. The molecule has 0 radical (unpaired) electrons. The predicted octanol–water partition coefficient (Wildman–Crippen LogP) is 2.62. The van der Waals surface area contributed by atoms with Crippen molar-refractivity contribution in [3.63, 3.8) is 0 Å². The van der Waals surface area contributed by atoms with Crippen LogP contribution < -0.4 is 10.1 Å². The molecule has 1 aliphatic rings. The molecule has 1 fully saturated rings. The van der Waals surface area contributed by atoms with Gasteiger partial charge in [-0.05, 0) is 43.9 Å². The second-order valence-corrected chi connectivity index (χ2v) is 6.42. The number of carboxylic acid groups (broad SMARTS) is 1. The van der Waals surface area contributed by atoms with E-state index in [9.17, 15) is 14.7 Å². The summed E-state index contributed by atoms with van der Waals surface area (Å²) in [5.41, 5.74) is 1.66. The zero-order valence-corrected chi connectivity index (χ0v) is 14.6. The fraction of sp³-hybridized carbons (Fsp3) is 0.421. The van der Waals surface area contributed by atoms with E-state index >= 15 is 0 Å². The lowest BCUT2D eigenvalue weighted by molar-refractivity contribution is -0.141. The van der Waals surface area contributed by atoms with Gasteiger partial charge in [-0.15, -0.1) is 0 Å². The Bertz CT molecular complexity index is 764. The van der Waals surface area contributed by atoms with E-state index in [0.29, 0.717) is 18.9 Å². The van der Waals surface area contributed by atoms with Crippen molar-refractivity contribution >= 4 is 11.9 Å².